The van der Waals surface area contributed by atoms with Crippen molar-refractivity contribution in [1.82, 2.24) is 14.9 Å². The number of nitrogens with two attached hydrogens (primary N) is 1. The van der Waals surface area contributed by atoms with E-state index in [2.05, 4.69) is 9.97 Å². The van der Waals surface area contributed by atoms with Crippen LogP contribution in [0.4, 0.5) is 23.9 Å². The van der Waals surface area contributed by atoms with Crippen LogP contribution in [0.15, 0.2) is 36.7 Å². The minimum atomic E-state index is -4.49. The SMILES string of the molecule is NC(=O)Oc1ccc(C(=O)N2C3CCC2CN(c2ncc(C(F)(F)F)cn2)C3)cc1. The molecular formula is C19H18F3N5O3. The number of aromatic nitrogens is 2. The molecule has 2 amide bonds. The summed E-state index contributed by atoms with van der Waals surface area (Å²) >= 11 is 0. The first-order chi connectivity index (χ1) is 14.2. The van der Waals surface area contributed by atoms with Crippen molar-refractivity contribution in [2.75, 3.05) is 18.0 Å². The number of primary amides is 1. The number of piperazine rings is 1. The fourth-order valence-corrected chi connectivity index (χ4v) is 3.96. The predicted octanol–water partition coefficient (Wildman–Crippen LogP) is 2.45. The number of rotatable bonds is 3. The van der Waals surface area contributed by atoms with Crippen molar-refractivity contribution in [2.45, 2.75) is 31.1 Å². The molecule has 2 aromatic rings. The Kier molecular flexibility index (Phi) is 4.96. The lowest BCUT2D eigenvalue weighted by molar-refractivity contribution is -0.138. The van der Waals surface area contributed by atoms with Crippen molar-refractivity contribution >= 4 is 17.9 Å². The van der Waals surface area contributed by atoms with Gasteiger partial charge in [0.2, 0.25) is 5.95 Å². The molecule has 158 valence electrons. The van der Waals surface area contributed by atoms with Gasteiger partial charge in [0, 0.05) is 31.0 Å². The van der Waals surface area contributed by atoms with E-state index in [1.54, 1.807) is 12.1 Å². The number of carbonyl (C=O) groups is 2. The molecule has 3 heterocycles. The molecule has 2 aliphatic heterocycles. The minimum Gasteiger partial charge on any atom is -0.411 e. The van der Waals surface area contributed by atoms with Gasteiger partial charge in [-0.2, -0.15) is 13.2 Å². The Labute approximate surface area is 169 Å². The molecule has 2 unspecified atom stereocenters. The van der Waals surface area contributed by atoms with Gasteiger partial charge in [0.25, 0.3) is 5.91 Å². The minimum absolute atomic E-state index is 0.0938. The number of hydrogen-bond acceptors (Lipinski definition) is 6. The van der Waals surface area contributed by atoms with Crippen LogP contribution in [0.1, 0.15) is 28.8 Å². The Morgan fingerprint density at radius 3 is 2.10 bits per heavy atom. The third-order valence-corrected chi connectivity index (χ3v) is 5.28. The summed E-state index contributed by atoms with van der Waals surface area (Å²) in [6.45, 7) is 0.882. The van der Waals surface area contributed by atoms with Gasteiger partial charge in [-0.05, 0) is 37.1 Å². The fraction of sp³-hybridized carbons (Fsp3) is 0.368. The largest absolute Gasteiger partial charge is 0.419 e. The number of nitrogens with zero attached hydrogens (tertiary/aromatic N) is 4. The number of benzene rings is 1. The van der Waals surface area contributed by atoms with E-state index in [1.807, 2.05) is 9.80 Å². The summed E-state index contributed by atoms with van der Waals surface area (Å²) in [7, 11) is 0. The van der Waals surface area contributed by atoms with E-state index in [1.165, 1.54) is 12.1 Å². The molecule has 0 spiro atoms. The molecule has 0 saturated carbocycles. The maximum Gasteiger partial charge on any atom is 0.419 e. The monoisotopic (exact) mass is 421 g/mol. The van der Waals surface area contributed by atoms with Crippen LogP contribution in [0, 0.1) is 0 Å². The zero-order chi connectivity index (χ0) is 21.5. The molecule has 1 aromatic carbocycles. The highest BCUT2D eigenvalue weighted by molar-refractivity contribution is 5.95. The molecule has 2 N–H and O–H groups in total. The molecule has 1 aromatic heterocycles. The van der Waals surface area contributed by atoms with Gasteiger partial charge in [-0.15, -0.1) is 0 Å². The quantitative estimate of drug-likeness (QED) is 0.817. The molecule has 2 bridgehead atoms. The number of ether oxygens (including phenoxy) is 1. The number of anilines is 1. The molecule has 0 aliphatic carbocycles. The number of alkyl halides is 3. The van der Waals surface area contributed by atoms with E-state index in [0.29, 0.717) is 18.7 Å². The summed E-state index contributed by atoms with van der Waals surface area (Å²) in [5, 5.41) is 0. The van der Waals surface area contributed by atoms with Gasteiger partial charge in [-0.3, -0.25) is 4.79 Å². The summed E-state index contributed by atoms with van der Waals surface area (Å²) in [4.78, 5) is 35.2. The van der Waals surface area contributed by atoms with E-state index in [0.717, 1.165) is 25.2 Å². The van der Waals surface area contributed by atoms with Gasteiger partial charge in [-0.25, -0.2) is 14.8 Å². The van der Waals surface area contributed by atoms with Crippen LogP contribution in [-0.2, 0) is 6.18 Å². The van der Waals surface area contributed by atoms with Gasteiger partial charge in [0.1, 0.15) is 5.75 Å². The first kappa shape index (κ1) is 19.9. The molecule has 2 saturated heterocycles. The Morgan fingerprint density at radius 2 is 1.60 bits per heavy atom. The van der Waals surface area contributed by atoms with Crippen molar-refractivity contribution in [3.05, 3.63) is 47.8 Å². The Hall–Kier alpha value is -3.37. The molecule has 2 aliphatic rings. The van der Waals surface area contributed by atoms with Crippen LogP contribution >= 0.6 is 0 Å². The van der Waals surface area contributed by atoms with Crippen molar-refractivity contribution < 1.29 is 27.5 Å². The highest BCUT2D eigenvalue weighted by Gasteiger charge is 2.43. The van der Waals surface area contributed by atoms with Gasteiger partial charge < -0.3 is 20.3 Å². The third kappa shape index (κ3) is 3.87. The average Bonchev–Trinajstić information content (AvgIpc) is 2.96. The Morgan fingerprint density at radius 1 is 1.03 bits per heavy atom. The van der Waals surface area contributed by atoms with Crippen molar-refractivity contribution in [3.8, 4) is 5.75 Å². The van der Waals surface area contributed by atoms with Gasteiger partial charge in [0.15, 0.2) is 0 Å². The number of halogens is 3. The first-order valence-electron chi connectivity index (χ1n) is 9.26. The maximum absolute atomic E-state index is 13.0. The van der Waals surface area contributed by atoms with Crippen molar-refractivity contribution in [1.29, 1.82) is 0 Å². The van der Waals surface area contributed by atoms with E-state index >= 15 is 0 Å². The molecule has 8 nitrogen and oxygen atoms in total. The predicted molar refractivity (Wildman–Crippen MR) is 98.9 cm³/mol. The summed E-state index contributed by atoms with van der Waals surface area (Å²) in [6, 6.07) is 5.92. The number of amides is 2. The van der Waals surface area contributed by atoms with E-state index in [4.69, 9.17) is 10.5 Å². The molecule has 30 heavy (non-hydrogen) atoms. The number of hydrogen-bond donors (Lipinski definition) is 1. The summed E-state index contributed by atoms with van der Waals surface area (Å²) in [5.74, 6) is 0.312. The zero-order valence-electron chi connectivity index (χ0n) is 15.7. The highest BCUT2D eigenvalue weighted by Crippen LogP contribution is 2.34. The lowest BCUT2D eigenvalue weighted by Crippen LogP contribution is -2.56. The van der Waals surface area contributed by atoms with Crippen LogP contribution in [-0.4, -0.2) is 52.0 Å². The van der Waals surface area contributed by atoms with Crippen LogP contribution in [0.2, 0.25) is 0 Å². The molecule has 2 atom stereocenters. The highest BCUT2D eigenvalue weighted by atomic mass is 19.4. The lowest BCUT2D eigenvalue weighted by atomic mass is 10.1. The van der Waals surface area contributed by atoms with Crippen LogP contribution in [0.25, 0.3) is 0 Å². The zero-order valence-corrected chi connectivity index (χ0v) is 15.7. The summed E-state index contributed by atoms with van der Waals surface area (Å²) in [6.07, 6.45) is -2.30. The summed E-state index contributed by atoms with van der Waals surface area (Å²) in [5.41, 5.74) is 4.52. The van der Waals surface area contributed by atoms with Crippen LogP contribution < -0.4 is 15.4 Å². The first-order valence-corrected chi connectivity index (χ1v) is 9.26. The smallest absolute Gasteiger partial charge is 0.411 e. The van der Waals surface area contributed by atoms with Crippen LogP contribution in [0.5, 0.6) is 5.75 Å². The van der Waals surface area contributed by atoms with Gasteiger partial charge in [-0.1, -0.05) is 0 Å². The van der Waals surface area contributed by atoms with Gasteiger partial charge >= 0.3 is 12.3 Å². The topological polar surface area (TPSA) is 102 Å². The summed E-state index contributed by atoms with van der Waals surface area (Å²) < 4.78 is 42.9. The number of carbonyl (C=O) groups excluding carboxylic acids is 2. The Balaban J connectivity index is 1.46. The molecule has 2 fully saturated rings. The van der Waals surface area contributed by atoms with Crippen molar-refractivity contribution in [2.24, 2.45) is 5.73 Å². The second kappa shape index (κ2) is 7.47. The molecule has 11 heteroatoms. The van der Waals surface area contributed by atoms with E-state index in [-0.39, 0.29) is 29.7 Å². The number of fused-ring (bicyclic) bond motifs is 2. The lowest BCUT2D eigenvalue weighted by Gasteiger charge is -2.41. The standard InChI is InChI=1S/C19H18F3N5O3/c20-19(21,22)12-7-24-18(25-8-12)26-9-13-3-4-14(10-26)27(13)16(28)11-1-5-15(6-2-11)30-17(23)29/h1-2,5-8,13-14H,3-4,9-10H2,(H2,23,29). The molecule has 4 rings (SSSR count). The molecule has 0 radical (unpaired) electrons. The third-order valence-electron chi connectivity index (χ3n) is 5.28. The van der Waals surface area contributed by atoms with E-state index < -0.39 is 17.8 Å². The fourth-order valence-electron chi connectivity index (χ4n) is 3.96. The second-order valence-corrected chi connectivity index (χ2v) is 7.22. The van der Waals surface area contributed by atoms with Gasteiger partial charge in [0.05, 0.1) is 17.6 Å². The Bertz CT molecular complexity index is 935. The van der Waals surface area contributed by atoms with Crippen molar-refractivity contribution in [3.63, 3.8) is 0 Å². The normalized spacial score (nSPS) is 20.9. The molecular weight excluding hydrogens is 403 g/mol. The second-order valence-electron chi connectivity index (χ2n) is 7.22. The van der Waals surface area contributed by atoms with E-state index in [9.17, 15) is 22.8 Å². The maximum atomic E-state index is 13.0. The average molecular weight is 421 g/mol. The van der Waals surface area contributed by atoms with Crippen LogP contribution in [0.3, 0.4) is 0 Å².